The SMILES string of the molecule is NC(CC1(O)CC1)c1ccc(F)cc1. The Morgan fingerprint density at radius 2 is 1.93 bits per heavy atom. The first kappa shape index (κ1) is 9.62. The second-order valence-corrected chi connectivity index (χ2v) is 4.09. The van der Waals surface area contributed by atoms with Gasteiger partial charge >= 0.3 is 0 Å². The van der Waals surface area contributed by atoms with E-state index < -0.39 is 5.60 Å². The van der Waals surface area contributed by atoms with E-state index in [1.165, 1.54) is 12.1 Å². The Morgan fingerprint density at radius 3 is 2.43 bits per heavy atom. The summed E-state index contributed by atoms with van der Waals surface area (Å²) in [4.78, 5) is 0. The third-order valence-corrected chi connectivity index (χ3v) is 2.73. The summed E-state index contributed by atoms with van der Waals surface area (Å²) in [5, 5.41) is 9.66. The Morgan fingerprint density at radius 1 is 1.36 bits per heavy atom. The van der Waals surface area contributed by atoms with Crippen molar-refractivity contribution in [2.24, 2.45) is 5.73 Å². The Kier molecular flexibility index (Phi) is 2.29. The molecule has 3 heteroatoms. The molecule has 1 fully saturated rings. The third-order valence-electron chi connectivity index (χ3n) is 2.73. The van der Waals surface area contributed by atoms with Gasteiger partial charge in [0, 0.05) is 6.04 Å². The molecule has 0 spiro atoms. The lowest BCUT2D eigenvalue weighted by Gasteiger charge is -2.15. The van der Waals surface area contributed by atoms with Gasteiger partial charge in [-0.25, -0.2) is 4.39 Å². The second kappa shape index (κ2) is 3.33. The fourth-order valence-corrected chi connectivity index (χ4v) is 1.59. The minimum Gasteiger partial charge on any atom is -0.390 e. The summed E-state index contributed by atoms with van der Waals surface area (Å²) in [5.41, 5.74) is 6.22. The first-order valence-electron chi connectivity index (χ1n) is 4.82. The lowest BCUT2D eigenvalue weighted by Crippen LogP contribution is -2.19. The molecule has 0 aromatic heterocycles. The molecule has 1 atom stereocenters. The van der Waals surface area contributed by atoms with E-state index in [1.54, 1.807) is 12.1 Å². The van der Waals surface area contributed by atoms with Crippen LogP contribution in [-0.4, -0.2) is 10.7 Å². The highest BCUT2D eigenvalue weighted by atomic mass is 19.1. The zero-order chi connectivity index (χ0) is 10.2. The summed E-state index contributed by atoms with van der Waals surface area (Å²) in [6, 6.07) is 5.94. The van der Waals surface area contributed by atoms with Gasteiger partial charge in [-0.15, -0.1) is 0 Å². The van der Waals surface area contributed by atoms with Crippen molar-refractivity contribution in [2.45, 2.75) is 30.9 Å². The smallest absolute Gasteiger partial charge is 0.123 e. The van der Waals surface area contributed by atoms with Crippen LogP contribution in [0.25, 0.3) is 0 Å². The molecule has 1 aliphatic carbocycles. The fourth-order valence-electron chi connectivity index (χ4n) is 1.59. The molecule has 1 aromatic carbocycles. The van der Waals surface area contributed by atoms with E-state index in [-0.39, 0.29) is 11.9 Å². The van der Waals surface area contributed by atoms with Crippen molar-refractivity contribution < 1.29 is 9.50 Å². The number of rotatable bonds is 3. The number of aliphatic hydroxyl groups is 1. The maximum atomic E-state index is 12.6. The van der Waals surface area contributed by atoms with Gasteiger partial charge in [-0.1, -0.05) is 12.1 Å². The summed E-state index contributed by atoms with van der Waals surface area (Å²) in [6.45, 7) is 0. The molecule has 0 radical (unpaired) electrons. The maximum Gasteiger partial charge on any atom is 0.123 e. The van der Waals surface area contributed by atoms with Crippen molar-refractivity contribution in [1.29, 1.82) is 0 Å². The van der Waals surface area contributed by atoms with Crippen LogP contribution in [0.2, 0.25) is 0 Å². The highest BCUT2D eigenvalue weighted by Crippen LogP contribution is 2.41. The van der Waals surface area contributed by atoms with Crippen LogP contribution in [0.15, 0.2) is 24.3 Å². The normalized spacial score (nSPS) is 20.5. The van der Waals surface area contributed by atoms with Gasteiger partial charge in [0.2, 0.25) is 0 Å². The summed E-state index contributed by atoms with van der Waals surface area (Å²) in [5.74, 6) is -0.258. The molecule has 14 heavy (non-hydrogen) atoms. The second-order valence-electron chi connectivity index (χ2n) is 4.09. The van der Waals surface area contributed by atoms with Gasteiger partial charge in [-0.2, -0.15) is 0 Å². The van der Waals surface area contributed by atoms with Crippen LogP contribution in [0, 0.1) is 5.82 Å². The summed E-state index contributed by atoms with van der Waals surface area (Å²) < 4.78 is 12.6. The summed E-state index contributed by atoms with van der Waals surface area (Å²) in [7, 11) is 0. The van der Waals surface area contributed by atoms with Crippen molar-refractivity contribution in [3.63, 3.8) is 0 Å². The quantitative estimate of drug-likeness (QED) is 0.771. The van der Waals surface area contributed by atoms with E-state index in [1.807, 2.05) is 0 Å². The Labute approximate surface area is 82.5 Å². The van der Waals surface area contributed by atoms with Gasteiger partial charge in [0.1, 0.15) is 5.82 Å². The zero-order valence-electron chi connectivity index (χ0n) is 7.91. The van der Waals surface area contributed by atoms with Gasteiger partial charge < -0.3 is 10.8 Å². The largest absolute Gasteiger partial charge is 0.390 e. The van der Waals surface area contributed by atoms with E-state index in [0.29, 0.717) is 6.42 Å². The van der Waals surface area contributed by atoms with Crippen molar-refractivity contribution in [3.8, 4) is 0 Å². The van der Waals surface area contributed by atoms with Crippen molar-refractivity contribution in [1.82, 2.24) is 0 Å². The number of benzene rings is 1. The molecule has 0 saturated heterocycles. The van der Waals surface area contributed by atoms with Crippen LogP contribution in [0.5, 0.6) is 0 Å². The van der Waals surface area contributed by atoms with Crippen molar-refractivity contribution >= 4 is 0 Å². The van der Waals surface area contributed by atoms with Crippen molar-refractivity contribution in [3.05, 3.63) is 35.6 Å². The fraction of sp³-hybridized carbons (Fsp3) is 0.455. The highest BCUT2D eigenvalue weighted by molar-refractivity contribution is 5.20. The van der Waals surface area contributed by atoms with Crippen LogP contribution in [0.4, 0.5) is 4.39 Å². The molecule has 0 amide bonds. The molecule has 1 saturated carbocycles. The van der Waals surface area contributed by atoms with Crippen molar-refractivity contribution in [2.75, 3.05) is 0 Å². The summed E-state index contributed by atoms with van der Waals surface area (Å²) in [6.07, 6.45) is 2.24. The highest BCUT2D eigenvalue weighted by Gasteiger charge is 2.41. The Bertz CT molecular complexity index is 319. The number of hydrogen-bond acceptors (Lipinski definition) is 2. The van der Waals surface area contributed by atoms with E-state index in [4.69, 9.17) is 5.73 Å². The summed E-state index contributed by atoms with van der Waals surface area (Å²) >= 11 is 0. The molecular weight excluding hydrogens is 181 g/mol. The molecule has 3 N–H and O–H groups in total. The van der Waals surface area contributed by atoms with Crippen LogP contribution < -0.4 is 5.73 Å². The van der Waals surface area contributed by atoms with Crippen LogP contribution >= 0.6 is 0 Å². The topological polar surface area (TPSA) is 46.2 Å². The zero-order valence-corrected chi connectivity index (χ0v) is 7.91. The van der Waals surface area contributed by atoms with Gasteiger partial charge in [-0.05, 0) is 37.0 Å². The standard InChI is InChI=1S/C11H14FNO/c12-9-3-1-8(2-4-9)10(13)7-11(14)5-6-11/h1-4,10,14H,5-7,13H2. The maximum absolute atomic E-state index is 12.6. The Hall–Kier alpha value is -0.930. The van der Waals surface area contributed by atoms with E-state index in [0.717, 1.165) is 18.4 Å². The molecule has 0 bridgehead atoms. The lowest BCUT2D eigenvalue weighted by molar-refractivity contribution is 0.131. The molecule has 1 unspecified atom stereocenters. The minimum absolute atomic E-state index is 0.192. The number of hydrogen-bond donors (Lipinski definition) is 2. The molecule has 76 valence electrons. The predicted molar refractivity (Wildman–Crippen MR) is 52.1 cm³/mol. The average molecular weight is 195 g/mol. The first-order chi connectivity index (χ1) is 6.59. The molecular formula is C11H14FNO. The van der Waals surface area contributed by atoms with Gasteiger partial charge in [0.15, 0.2) is 0 Å². The molecule has 2 nitrogen and oxygen atoms in total. The Balaban J connectivity index is 2.03. The van der Waals surface area contributed by atoms with E-state index in [2.05, 4.69) is 0 Å². The third kappa shape index (κ3) is 2.11. The molecule has 0 heterocycles. The monoisotopic (exact) mass is 195 g/mol. The van der Waals surface area contributed by atoms with Crippen LogP contribution in [0.1, 0.15) is 30.9 Å². The van der Waals surface area contributed by atoms with Gasteiger partial charge in [0.25, 0.3) is 0 Å². The lowest BCUT2D eigenvalue weighted by atomic mass is 10.0. The molecule has 1 aromatic rings. The minimum atomic E-state index is -0.548. The number of nitrogens with two attached hydrogens (primary N) is 1. The van der Waals surface area contributed by atoms with E-state index >= 15 is 0 Å². The predicted octanol–water partition coefficient (Wildman–Crippen LogP) is 1.74. The number of halogens is 1. The molecule has 2 rings (SSSR count). The van der Waals surface area contributed by atoms with Gasteiger partial charge in [0.05, 0.1) is 5.60 Å². The van der Waals surface area contributed by atoms with Crippen LogP contribution in [-0.2, 0) is 0 Å². The van der Waals surface area contributed by atoms with E-state index in [9.17, 15) is 9.50 Å². The van der Waals surface area contributed by atoms with Gasteiger partial charge in [-0.3, -0.25) is 0 Å². The molecule has 1 aliphatic rings. The van der Waals surface area contributed by atoms with Crippen LogP contribution in [0.3, 0.4) is 0 Å². The first-order valence-corrected chi connectivity index (χ1v) is 4.82. The average Bonchev–Trinajstić information content (AvgIpc) is 2.84. The molecule has 0 aliphatic heterocycles.